The van der Waals surface area contributed by atoms with Crippen LogP contribution in [-0.2, 0) is 0 Å². The predicted molar refractivity (Wildman–Crippen MR) is 73.0 cm³/mol. The molecule has 3 aromatic rings. The minimum atomic E-state index is 0.0205. The first-order chi connectivity index (χ1) is 9.63. The topological polar surface area (TPSA) is 85.1 Å². The second-order valence-electron chi connectivity index (χ2n) is 4.44. The van der Waals surface area contributed by atoms with Gasteiger partial charge in [0.05, 0.1) is 0 Å². The van der Waals surface area contributed by atoms with Crippen molar-refractivity contribution < 1.29 is 4.79 Å². The number of hydrogen-bond donors (Lipinski definition) is 1. The number of ketones is 1. The molecule has 0 atom stereocenters. The van der Waals surface area contributed by atoms with Gasteiger partial charge in [0.15, 0.2) is 5.78 Å². The molecular weight excluding hydrogens is 256 g/mol. The molecular formula is C13H12N6O. The molecule has 1 aromatic carbocycles. The van der Waals surface area contributed by atoms with Crippen LogP contribution in [0.2, 0.25) is 0 Å². The summed E-state index contributed by atoms with van der Waals surface area (Å²) < 4.78 is 1.51. The zero-order chi connectivity index (χ0) is 14.1. The maximum Gasteiger partial charge on any atom is 0.275 e. The number of Topliss-reactive ketones (excluding diaryl/α,β-unsaturated/α-hetero) is 1. The maximum absolute atomic E-state index is 11.4. The van der Waals surface area contributed by atoms with E-state index in [0.717, 1.165) is 11.4 Å². The highest BCUT2D eigenvalue weighted by atomic mass is 16.1. The first-order valence-corrected chi connectivity index (χ1v) is 6.07. The molecule has 3 rings (SSSR count). The molecule has 2 aromatic heterocycles. The smallest absolute Gasteiger partial charge is 0.275 e. The largest absolute Gasteiger partial charge is 0.340 e. The van der Waals surface area contributed by atoms with E-state index in [0.29, 0.717) is 17.2 Å². The maximum atomic E-state index is 11.4. The number of aryl methyl sites for hydroxylation is 1. The summed E-state index contributed by atoms with van der Waals surface area (Å²) in [7, 11) is 0. The lowest BCUT2D eigenvalue weighted by atomic mass is 10.1. The van der Waals surface area contributed by atoms with Gasteiger partial charge in [0.25, 0.3) is 5.78 Å². The third-order valence-electron chi connectivity index (χ3n) is 2.84. The Balaban J connectivity index is 2.02. The molecule has 0 fully saturated rings. The Morgan fingerprint density at radius 1 is 1.30 bits per heavy atom. The van der Waals surface area contributed by atoms with Crippen molar-refractivity contribution >= 4 is 23.1 Å². The summed E-state index contributed by atoms with van der Waals surface area (Å²) >= 11 is 0. The van der Waals surface area contributed by atoms with Gasteiger partial charge in [-0.05, 0) is 36.4 Å². The van der Waals surface area contributed by atoms with Gasteiger partial charge < -0.3 is 5.32 Å². The van der Waals surface area contributed by atoms with Crippen molar-refractivity contribution in [3.05, 3.63) is 41.6 Å². The van der Waals surface area contributed by atoms with Crippen molar-refractivity contribution in [2.24, 2.45) is 0 Å². The number of carbonyl (C=O) groups is 1. The van der Waals surface area contributed by atoms with E-state index in [-0.39, 0.29) is 5.78 Å². The van der Waals surface area contributed by atoms with Gasteiger partial charge in [0.2, 0.25) is 0 Å². The predicted octanol–water partition coefficient (Wildman–Crippen LogP) is 1.77. The highest BCUT2D eigenvalue weighted by molar-refractivity contribution is 5.95. The van der Waals surface area contributed by atoms with Crippen LogP contribution in [0.4, 0.5) is 11.5 Å². The van der Waals surface area contributed by atoms with Gasteiger partial charge in [0, 0.05) is 23.0 Å². The molecule has 1 N–H and O–H groups in total. The second-order valence-corrected chi connectivity index (χ2v) is 4.44. The van der Waals surface area contributed by atoms with Crippen LogP contribution in [0.1, 0.15) is 23.0 Å². The van der Waals surface area contributed by atoms with Gasteiger partial charge >= 0.3 is 0 Å². The van der Waals surface area contributed by atoms with Crippen LogP contribution in [0.25, 0.3) is 5.78 Å². The third kappa shape index (κ3) is 2.20. The normalized spacial score (nSPS) is 10.7. The monoisotopic (exact) mass is 268 g/mol. The van der Waals surface area contributed by atoms with Gasteiger partial charge in [-0.25, -0.2) is 4.98 Å². The fourth-order valence-corrected chi connectivity index (χ4v) is 1.91. The van der Waals surface area contributed by atoms with Crippen LogP contribution < -0.4 is 5.32 Å². The molecule has 0 aliphatic rings. The van der Waals surface area contributed by atoms with Crippen molar-refractivity contribution in [1.82, 2.24) is 25.0 Å². The molecule has 0 aliphatic heterocycles. The third-order valence-corrected chi connectivity index (χ3v) is 2.84. The number of nitrogens with one attached hydrogen (secondary N) is 1. The molecule has 0 saturated carbocycles. The van der Waals surface area contributed by atoms with Gasteiger partial charge in [0.1, 0.15) is 5.82 Å². The Morgan fingerprint density at radius 3 is 2.95 bits per heavy atom. The molecule has 0 bridgehead atoms. The van der Waals surface area contributed by atoms with Crippen molar-refractivity contribution in [3.8, 4) is 0 Å². The molecule has 100 valence electrons. The number of rotatable bonds is 3. The van der Waals surface area contributed by atoms with E-state index in [1.54, 1.807) is 12.1 Å². The standard InChI is InChI=1S/C13H12N6O/c1-8-6-12(19-13(14-8)16-17-18-19)15-11-5-3-4-10(7-11)9(2)20/h3-7,15H,1-2H3. The molecule has 0 amide bonds. The Morgan fingerprint density at radius 2 is 2.15 bits per heavy atom. The fraction of sp³-hybridized carbons (Fsp3) is 0.154. The van der Waals surface area contributed by atoms with Gasteiger partial charge in [-0.3, -0.25) is 4.79 Å². The Bertz CT molecular complexity index is 794. The number of tetrazole rings is 1. The van der Waals surface area contributed by atoms with E-state index in [2.05, 4.69) is 25.8 Å². The van der Waals surface area contributed by atoms with Crippen molar-refractivity contribution in [1.29, 1.82) is 0 Å². The number of fused-ring (bicyclic) bond motifs is 1. The Labute approximate surface area is 114 Å². The lowest BCUT2D eigenvalue weighted by molar-refractivity contribution is 0.101. The molecule has 0 unspecified atom stereocenters. The van der Waals surface area contributed by atoms with Gasteiger partial charge in [-0.2, -0.15) is 4.52 Å². The molecule has 7 nitrogen and oxygen atoms in total. The second kappa shape index (κ2) is 4.69. The zero-order valence-corrected chi connectivity index (χ0v) is 11.0. The van der Waals surface area contributed by atoms with Crippen LogP contribution in [0.15, 0.2) is 30.3 Å². The van der Waals surface area contributed by atoms with Crippen LogP contribution >= 0.6 is 0 Å². The average Bonchev–Trinajstić information content (AvgIpc) is 2.87. The number of aromatic nitrogens is 5. The Kier molecular flexibility index (Phi) is 2.86. The molecule has 0 spiro atoms. The summed E-state index contributed by atoms with van der Waals surface area (Å²) in [5.41, 5.74) is 2.24. The van der Waals surface area contributed by atoms with Crippen LogP contribution in [-0.4, -0.2) is 30.8 Å². The number of nitrogens with zero attached hydrogens (tertiary/aromatic N) is 5. The molecule has 0 saturated heterocycles. The SMILES string of the molecule is CC(=O)c1cccc(Nc2cc(C)nc3nnnn23)c1. The number of anilines is 2. The lowest BCUT2D eigenvalue weighted by Gasteiger charge is -2.08. The summed E-state index contributed by atoms with van der Waals surface area (Å²) in [4.78, 5) is 15.6. The molecule has 0 radical (unpaired) electrons. The molecule has 0 aliphatic carbocycles. The van der Waals surface area contributed by atoms with Crippen molar-refractivity contribution in [2.45, 2.75) is 13.8 Å². The first kappa shape index (κ1) is 12.2. The Hall–Kier alpha value is -2.83. The average molecular weight is 268 g/mol. The summed E-state index contributed by atoms with van der Waals surface area (Å²) in [6.45, 7) is 3.40. The van der Waals surface area contributed by atoms with Gasteiger partial charge in [-0.15, -0.1) is 0 Å². The summed E-state index contributed by atoms with van der Waals surface area (Å²) in [5.74, 6) is 1.14. The minimum Gasteiger partial charge on any atom is -0.340 e. The molecule has 20 heavy (non-hydrogen) atoms. The molecule has 7 heteroatoms. The highest BCUT2D eigenvalue weighted by Crippen LogP contribution is 2.18. The van der Waals surface area contributed by atoms with Gasteiger partial charge in [-0.1, -0.05) is 17.2 Å². The lowest BCUT2D eigenvalue weighted by Crippen LogP contribution is -2.03. The number of carbonyl (C=O) groups excluding carboxylic acids is 1. The number of benzene rings is 1. The minimum absolute atomic E-state index is 0.0205. The van der Waals surface area contributed by atoms with E-state index in [9.17, 15) is 4.79 Å². The van der Waals surface area contributed by atoms with E-state index in [1.807, 2.05) is 25.1 Å². The first-order valence-electron chi connectivity index (χ1n) is 6.07. The summed E-state index contributed by atoms with van der Waals surface area (Å²) in [6, 6.07) is 9.10. The van der Waals surface area contributed by atoms with Crippen LogP contribution in [0.3, 0.4) is 0 Å². The van der Waals surface area contributed by atoms with E-state index >= 15 is 0 Å². The van der Waals surface area contributed by atoms with Crippen LogP contribution in [0, 0.1) is 6.92 Å². The molecule has 2 heterocycles. The van der Waals surface area contributed by atoms with E-state index in [4.69, 9.17) is 0 Å². The zero-order valence-electron chi connectivity index (χ0n) is 11.0. The quantitative estimate of drug-likeness (QED) is 0.729. The summed E-state index contributed by atoms with van der Waals surface area (Å²) in [6.07, 6.45) is 0. The number of hydrogen-bond acceptors (Lipinski definition) is 6. The van der Waals surface area contributed by atoms with Crippen molar-refractivity contribution in [3.63, 3.8) is 0 Å². The fourth-order valence-electron chi connectivity index (χ4n) is 1.91. The van der Waals surface area contributed by atoms with Crippen molar-refractivity contribution in [2.75, 3.05) is 5.32 Å². The van der Waals surface area contributed by atoms with E-state index < -0.39 is 0 Å². The van der Waals surface area contributed by atoms with Crippen LogP contribution in [0.5, 0.6) is 0 Å². The highest BCUT2D eigenvalue weighted by Gasteiger charge is 2.07. The van der Waals surface area contributed by atoms with E-state index in [1.165, 1.54) is 11.4 Å². The summed E-state index contributed by atoms with van der Waals surface area (Å²) in [5, 5.41) is 14.5.